The maximum Gasteiger partial charge on any atom is 0.164 e. The summed E-state index contributed by atoms with van der Waals surface area (Å²) in [6.45, 7) is 5.69. The van der Waals surface area contributed by atoms with E-state index in [4.69, 9.17) is 9.78 Å². The van der Waals surface area contributed by atoms with Crippen molar-refractivity contribution in [3.63, 3.8) is 0 Å². The molecule has 0 aromatic rings. The van der Waals surface area contributed by atoms with Crippen molar-refractivity contribution in [2.75, 3.05) is 0 Å². The fourth-order valence-corrected chi connectivity index (χ4v) is 3.63. The first-order chi connectivity index (χ1) is 8.82. The minimum Gasteiger partial charge on any atom is -0.388 e. The van der Waals surface area contributed by atoms with E-state index < -0.39 is 23.4 Å². The molecule has 0 aromatic carbocycles. The Balaban J connectivity index is 2.19. The summed E-state index contributed by atoms with van der Waals surface area (Å²) in [5, 5.41) is 20.8. The summed E-state index contributed by atoms with van der Waals surface area (Å²) >= 11 is 0. The minimum absolute atomic E-state index is 0.0156. The number of aliphatic hydroxyl groups excluding tert-OH is 2. The second-order valence-corrected chi connectivity index (χ2v) is 6.38. The third kappa shape index (κ3) is 1.53. The molecule has 2 bridgehead atoms. The lowest BCUT2D eigenvalue weighted by Gasteiger charge is -2.45. The van der Waals surface area contributed by atoms with Crippen LogP contribution in [-0.4, -0.2) is 39.4 Å². The van der Waals surface area contributed by atoms with Crippen LogP contribution in [0.2, 0.25) is 0 Å². The van der Waals surface area contributed by atoms with Crippen LogP contribution in [0.1, 0.15) is 40.0 Å². The standard InChI is InChI=1S/C14H20O5/c1-7(2)14-5-4-13(3,18-19-14)11-9(16)6-8(15)10(11)12(14)17/h7-8,12,15,17H,4-6H2,1-3H3/t8-,12-,13+,14+/m1/s1. The molecular formula is C14H20O5. The lowest BCUT2D eigenvalue weighted by atomic mass is 9.78. The molecule has 5 heteroatoms. The van der Waals surface area contributed by atoms with Gasteiger partial charge in [0.25, 0.3) is 0 Å². The van der Waals surface area contributed by atoms with Gasteiger partial charge in [0.15, 0.2) is 5.78 Å². The number of carbonyl (C=O) groups excluding carboxylic acids is 1. The Kier molecular flexibility index (Phi) is 2.71. The van der Waals surface area contributed by atoms with E-state index in [2.05, 4.69) is 0 Å². The van der Waals surface area contributed by atoms with E-state index in [-0.39, 0.29) is 18.1 Å². The molecule has 0 amide bonds. The Morgan fingerprint density at radius 1 is 1.26 bits per heavy atom. The predicted molar refractivity (Wildman–Crippen MR) is 66.0 cm³/mol. The highest BCUT2D eigenvalue weighted by atomic mass is 17.2. The monoisotopic (exact) mass is 268 g/mol. The van der Waals surface area contributed by atoms with Crippen LogP contribution < -0.4 is 0 Å². The number of aliphatic hydroxyl groups is 2. The van der Waals surface area contributed by atoms with E-state index in [0.717, 1.165) is 0 Å². The molecule has 5 nitrogen and oxygen atoms in total. The smallest absolute Gasteiger partial charge is 0.164 e. The number of Topliss-reactive ketones (excluding diaryl/α,β-unsaturated/α-hetero) is 1. The molecule has 0 radical (unpaired) electrons. The van der Waals surface area contributed by atoms with Crippen LogP contribution in [0.25, 0.3) is 0 Å². The van der Waals surface area contributed by atoms with Crippen LogP contribution >= 0.6 is 0 Å². The molecule has 106 valence electrons. The SMILES string of the molecule is CC(C)[C@]12CC[C@](C)(OO1)C1=C([C@H](O)CC1=O)[C@H]2O. The molecule has 0 unspecified atom stereocenters. The lowest BCUT2D eigenvalue weighted by molar-refractivity contribution is -0.442. The van der Waals surface area contributed by atoms with Gasteiger partial charge in [-0.3, -0.25) is 4.79 Å². The van der Waals surface area contributed by atoms with Crippen molar-refractivity contribution in [3.8, 4) is 0 Å². The van der Waals surface area contributed by atoms with Crippen molar-refractivity contribution in [1.82, 2.24) is 0 Å². The van der Waals surface area contributed by atoms with Gasteiger partial charge in [0.1, 0.15) is 17.3 Å². The highest BCUT2D eigenvalue weighted by molar-refractivity contribution is 6.01. The van der Waals surface area contributed by atoms with Gasteiger partial charge in [-0.15, -0.1) is 0 Å². The molecule has 19 heavy (non-hydrogen) atoms. The second-order valence-electron chi connectivity index (χ2n) is 6.38. The van der Waals surface area contributed by atoms with Crippen molar-refractivity contribution in [2.45, 2.75) is 63.4 Å². The van der Waals surface area contributed by atoms with Gasteiger partial charge in [-0.25, -0.2) is 9.78 Å². The molecule has 1 saturated heterocycles. The fourth-order valence-electron chi connectivity index (χ4n) is 3.63. The van der Waals surface area contributed by atoms with Gasteiger partial charge in [-0.2, -0.15) is 0 Å². The van der Waals surface area contributed by atoms with Crippen molar-refractivity contribution in [3.05, 3.63) is 11.1 Å². The summed E-state index contributed by atoms with van der Waals surface area (Å²) in [4.78, 5) is 23.2. The molecule has 2 heterocycles. The Morgan fingerprint density at radius 2 is 1.95 bits per heavy atom. The third-order valence-corrected chi connectivity index (χ3v) is 4.94. The van der Waals surface area contributed by atoms with Crippen LogP contribution in [-0.2, 0) is 14.6 Å². The first-order valence-corrected chi connectivity index (χ1v) is 6.82. The zero-order chi connectivity index (χ0) is 14.0. The Hall–Kier alpha value is -0.750. The van der Waals surface area contributed by atoms with Crippen LogP contribution in [0.3, 0.4) is 0 Å². The van der Waals surface area contributed by atoms with Gasteiger partial charge in [0, 0.05) is 12.0 Å². The quantitative estimate of drug-likeness (QED) is 0.691. The summed E-state index contributed by atoms with van der Waals surface area (Å²) in [6, 6.07) is 0. The highest BCUT2D eigenvalue weighted by Crippen LogP contribution is 2.52. The Bertz CT molecular complexity index is 456. The van der Waals surface area contributed by atoms with Gasteiger partial charge >= 0.3 is 0 Å². The first-order valence-electron chi connectivity index (χ1n) is 6.82. The van der Waals surface area contributed by atoms with E-state index in [1.54, 1.807) is 6.92 Å². The summed E-state index contributed by atoms with van der Waals surface area (Å²) in [5.74, 6) is -0.129. The normalized spacial score (nSPS) is 45.9. The van der Waals surface area contributed by atoms with Crippen molar-refractivity contribution in [1.29, 1.82) is 0 Å². The molecule has 2 N–H and O–H groups in total. The third-order valence-electron chi connectivity index (χ3n) is 4.94. The maximum absolute atomic E-state index is 12.1. The van der Waals surface area contributed by atoms with Crippen molar-refractivity contribution >= 4 is 5.78 Å². The van der Waals surface area contributed by atoms with Crippen LogP contribution in [0.15, 0.2) is 11.1 Å². The van der Waals surface area contributed by atoms with E-state index in [0.29, 0.717) is 24.0 Å². The zero-order valence-corrected chi connectivity index (χ0v) is 11.5. The number of rotatable bonds is 1. The van der Waals surface area contributed by atoms with Crippen LogP contribution in [0.5, 0.6) is 0 Å². The Morgan fingerprint density at radius 3 is 2.47 bits per heavy atom. The van der Waals surface area contributed by atoms with Gasteiger partial charge in [0.05, 0.1) is 6.10 Å². The number of carbonyl (C=O) groups is 1. The van der Waals surface area contributed by atoms with E-state index in [9.17, 15) is 15.0 Å². The van der Waals surface area contributed by atoms with Crippen molar-refractivity contribution in [2.24, 2.45) is 5.92 Å². The largest absolute Gasteiger partial charge is 0.388 e. The van der Waals surface area contributed by atoms with E-state index in [1.807, 2.05) is 13.8 Å². The molecule has 2 aliphatic heterocycles. The predicted octanol–water partition coefficient (Wildman–Crippen LogP) is 0.887. The van der Waals surface area contributed by atoms with E-state index >= 15 is 0 Å². The number of fused-ring (bicyclic) bond motifs is 2. The molecule has 4 atom stereocenters. The zero-order valence-electron chi connectivity index (χ0n) is 11.5. The topological polar surface area (TPSA) is 76.0 Å². The highest BCUT2D eigenvalue weighted by Gasteiger charge is 2.60. The Labute approximate surface area is 112 Å². The average Bonchev–Trinajstić information content (AvgIpc) is 2.54. The first kappa shape index (κ1) is 13.2. The van der Waals surface area contributed by atoms with Gasteiger partial charge in [0.2, 0.25) is 0 Å². The number of hydrogen-bond donors (Lipinski definition) is 2. The number of ketones is 1. The summed E-state index contributed by atoms with van der Waals surface area (Å²) in [6.07, 6.45) is -0.657. The number of hydrogen-bond acceptors (Lipinski definition) is 5. The summed E-state index contributed by atoms with van der Waals surface area (Å²) in [7, 11) is 0. The molecular weight excluding hydrogens is 248 g/mol. The minimum atomic E-state index is -0.992. The maximum atomic E-state index is 12.1. The van der Waals surface area contributed by atoms with Crippen LogP contribution in [0.4, 0.5) is 0 Å². The van der Waals surface area contributed by atoms with Gasteiger partial charge in [-0.1, -0.05) is 13.8 Å². The van der Waals surface area contributed by atoms with Gasteiger partial charge in [-0.05, 0) is 31.3 Å². The van der Waals surface area contributed by atoms with E-state index in [1.165, 1.54) is 0 Å². The molecule has 1 fully saturated rings. The molecule has 4 rings (SSSR count). The second kappa shape index (κ2) is 3.88. The summed E-state index contributed by atoms with van der Waals surface area (Å²) in [5.41, 5.74) is -0.883. The molecule has 0 spiro atoms. The van der Waals surface area contributed by atoms with Crippen molar-refractivity contribution < 1.29 is 24.8 Å². The average molecular weight is 268 g/mol. The van der Waals surface area contributed by atoms with Gasteiger partial charge < -0.3 is 10.2 Å². The molecule has 2 aliphatic carbocycles. The van der Waals surface area contributed by atoms with Crippen LogP contribution in [0, 0.1) is 5.92 Å². The fraction of sp³-hybridized carbons (Fsp3) is 0.786. The lowest BCUT2D eigenvalue weighted by Crippen LogP contribution is -2.54. The molecule has 0 saturated carbocycles. The summed E-state index contributed by atoms with van der Waals surface area (Å²) < 4.78 is 0. The molecule has 0 aromatic heterocycles. The molecule has 4 aliphatic rings.